The SMILES string of the molecule is O=C(Nc1cc(F)ccc1Br)C1CCC(F)(F)C1. The number of carbonyl (C=O) groups is 1. The number of halogens is 4. The minimum Gasteiger partial charge on any atom is -0.325 e. The molecule has 1 amide bonds. The summed E-state index contributed by atoms with van der Waals surface area (Å²) < 4.78 is 39.5. The minimum atomic E-state index is -2.76. The second-order valence-corrected chi connectivity index (χ2v) is 5.26. The zero-order chi connectivity index (χ0) is 13.3. The summed E-state index contributed by atoms with van der Waals surface area (Å²) in [6.45, 7) is 0. The number of nitrogens with one attached hydrogen (secondary N) is 1. The lowest BCUT2D eigenvalue weighted by molar-refractivity contribution is -0.120. The number of amides is 1. The van der Waals surface area contributed by atoms with E-state index in [0.717, 1.165) is 6.07 Å². The van der Waals surface area contributed by atoms with Crippen LogP contribution in [0.15, 0.2) is 22.7 Å². The van der Waals surface area contributed by atoms with E-state index in [-0.39, 0.29) is 18.5 Å². The zero-order valence-corrected chi connectivity index (χ0v) is 10.9. The molecule has 1 atom stereocenters. The molecule has 1 N–H and O–H groups in total. The average Bonchev–Trinajstić information content (AvgIpc) is 2.64. The quantitative estimate of drug-likeness (QED) is 0.877. The van der Waals surface area contributed by atoms with Crippen LogP contribution in [0.2, 0.25) is 0 Å². The van der Waals surface area contributed by atoms with Gasteiger partial charge >= 0.3 is 0 Å². The van der Waals surface area contributed by atoms with E-state index >= 15 is 0 Å². The van der Waals surface area contributed by atoms with E-state index in [2.05, 4.69) is 21.2 Å². The number of hydrogen-bond donors (Lipinski definition) is 1. The molecule has 0 spiro atoms. The lowest BCUT2D eigenvalue weighted by Crippen LogP contribution is -2.22. The molecule has 0 aromatic heterocycles. The third-order valence-corrected chi connectivity index (χ3v) is 3.65. The first-order valence-corrected chi connectivity index (χ1v) is 6.30. The third-order valence-electron chi connectivity index (χ3n) is 2.96. The maximum absolute atomic E-state index is 13.0. The van der Waals surface area contributed by atoms with Gasteiger partial charge in [-0.25, -0.2) is 13.2 Å². The van der Waals surface area contributed by atoms with Crippen molar-refractivity contribution in [1.82, 2.24) is 0 Å². The van der Waals surface area contributed by atoms with Crippen LogP contribution in [0.3, 0.4) is 0 Å². The fraction of sp³-hybridized carbons (Fsp3) is 0.417. The molecule has 98 valence electrons. The van der Waals surface area contributed by atoms with Crippen LogP contribution in [-0.4, -0.2) is 11.8 Å². The van der Waals surface area contributed by atoms with Crippen molar-refractivity contribution in [3.63, 3.8) is 0 Å². The van der Waals surface area contributed by atoms with Gasteiger partial charge in [0.15, 0.2) is 0 Å². The van der Waals surface area contributed by atoms with E-state index in [1.165, 1.54) is 12.1 Å². The zero-order valence-electron chi connectivity index (χ0n) is 9.35. The highest BCUT2D eigenvalue weighted by Crippen LogP contribution is 2.39. The molecule has 1 saturated carbocycles. The summed E-state index contributed by atoms with van der Waals surface area (Å²) in [4.78, 5) is 11.8. The normalized spacial score (nSPS) is 21.9. The molecule has 1 unspecified atom stereocenters. The third kappa shape index (κ3) is 3.04. The molecule has 2 rings (SSSR count). The molecule has 1 aromatic rings. The van der Waals surface area contributed by atoms with Crippen LogP contribution in [0.1, 0.15) is 19.3 Å². The summed E-state index contributed by atoms with van der Waals surface area (Å²) in [6, 6.07) is 3.84. The van der Waals surface area contributed by atoms with Gasteiger partial charge in [0.05, 0.1) is 5.69 Å². The van der Waals surface area contributed by atoms with Crippen LogP contribution in [0.4, 0.5) is 18.9 Å². The summed E-state index contributed by atoms with van der Waals surface area (Å²) in [5.74, 6) is -4.46. The van der Waals surface area contributed by atoms with Gasteiger partial charge in [0, 0.05) is 23.2 Å². The molecule has 0 bridgehead atoms. The van der Waals surface area contributed by atoms with Crippen molar-refractivity contribution in [3.05, 3.63) is 28.5 Å². The van der Waals surface area contributed by atoms with Crippen molar-refractivity contribution in [2.45, 2.75) is 25.2 Å². The lowest BCUT2D eigenvalue weighted by atomic mass is 10.1. The first-order valence-electron chi connectivity index (χ1n) is 5.51. The van der Waals surface area contributed by atoms with Gasteiger partial charge in [0.25, 0.3) is 0 Å². The van der Waals surface area contributed by atoms with Gasteiger partial charge in [-0.1, -0.05) is 0 Å². The van der Waals surface area contributed by atoms with E-state index in [4.69, 9.17) is 0 Å². The molecule has 0 radical (unpaired) electrons. The molecule has 6 heteroatoms. The highest BCUT2D eigenvalue weighted by atomic mass is 79.9. The van der Waals surface area contributed by atoms with Gasteiger partial charge in [0.1, 0.15) is 5.82 Å². The Bertz CT molecular complexity index is 478. The van der Waals surface area contributed by atoms with Crippen LogP contribution in [0.5, 0.6) is 0 Å². The Morgan fingerprint density at radius 2 is 2.17 bits per heavy atom. The summed E-state index contributed by atoms with van der Waals surface area (Å²) in [5.41, 5.74) is 0.259. The Balaban J connectivity index is 2.06. The highest BCUT2D eigenvalue weighted by Gasteiger charge is 2.42. The fourth-order valence-electron chi connectivity index (χ4n) is 2.00. The Labute approximate surface area is 111 Å². The van der Waals surface area contributed by atoms with Crippen molar-refractivity contribution in [2.75, 3.05) is 5.32 Å². The van der Waals surface area contributed by atoms with Crippen molar-refractivity contribution >= 4 is 27.5 Å². The van der Waals surface area contributed by atoms with Gasteiger partial charge < -0.3 is 5.32 Å². The summed E-state index contributed by atoms with van der Waals surface area (Å²) in [5, 5.41) is 2.47. The molecular formula is C12H11BrF3NO. The predicted octanol–water partition coefficient (Wildman–Crippen LogP) is 3.96. The van der Waals surface area contributed by atoms with Gasteiger partial charge in [-0.05, 0) is 40.5 Å². The molecule has 1 aromatic carbocycles. The number of carbonyl (C=O) groups excluding carboxylic acids is 1. The molecule has 1 fully saturated rings. The van der Waals surface area contributed by atoms with Crippen LogP contribution in [-0.2, 0) is 4.79 Å². The Morgan fingerprint density at radius 1 is 1.44 bits per heavy atom. The van der Waals surface area contributed by atoms with Crippen LogP contribution in [0.25, 0.3) is 0 Å². The van der Waals surface area contributed by atoms with E-state index in [9.17, 15) is 18.0 Å². The highest BCUT2D eigenvalue weighted by molar-refractivity contribution is 9.10. The Hall–Kier alpha value is -1.04. The predicted molar refractivity (Wildman–Crippen MR) is 65.0 cm³/mol. The van der Waals surface area contributed by atoms with Gasteiger partial charge in [-0.15, -0.1) is 0 Å². The standard InChI is InChI=1S/C12H11BrF3NO/c13-9-2-1-8(14)5-10(9)17-11(18)7-3-4-12(15,16)6-7/h1-2,5,7H,3-4,6H2,(H,17,18). The van der Waals surface area contributed by atoms with Crippen molar-refractivity contribution in [3.8, 4) is 0 Å². The first-order chi connectivity index (χ1) is 8.37. The lowest BCUT2D eigenvalue weighted by Gasteiger charge is -2.12. The smallest absolute Gasteiger partial charge is 0.248 e. The van der Waals surface area contributed by atoms with Crippen LogP contribution >= 0.6 is 15.9 Å². The van der Waals surface area contributed by atoms with Gasteiger partial charge in [-0.2, -0.15) is 0 Å². The number of alkyl halides is 2. The second-order valence-electron chi connectivity index (χ2n) is 4.41. The Kier molecular flexibility index (Phi) is 3.66. The molecular weight excluding hydrogens is 311 g/mol. The molecule has 0 aliphatic heterocycles. The molecule has 1 aliphatic rings. The maximum atomic E-state index is 13.0. The number of anilines is 1. The molecule has 0 heterocycles. The van der Waals surface area contributed by atoms with Crippen molar-refractivity contribution in [1.29, 1.82) is 0 Å². The van der Waals surface area contributed by atoms with Crippen LogP contribution in [0, 0.1) is 11.7 Å². The van der Waals surface area contributed by atoms with E-state index in [1.807, 2.05) is 0 Å². The largest absolute Gasteiger partial charge is 0.325 e. The topological polar surface area (TPSA) is 29.1 Å². The van der Waals surface area contributed by atoms with Crippen molar-refractivity contribution in [2.24, 2.45) is 5.92 Å². The first kappa shape index (κ1) is 13.4. The molecule has 0 saturated heterocycles. The van der Waals surface area contributed by atoms with Crippen LogP contribution < -0.4 is 5.32 Å². The average molecular weight is 322 g/mol. The number of hydrogen-bond acceptors (Lipinski definition) is 1. The summed E-state index contributed by atoms with van der Waals surface area (Å²) >= 11 is 3.16. The fourth-order valence-corrected chi connectivity index (χ4v) is 2.35. The van der Waals surface area contributed by atoms with E-state index in [0.29, 0.717) is 4.47 Å². The summed E-state index contributed by atoms with van der Waals surface area (Å²) in [7, 11) is 0. The van der Waals surface area contributed by atoms with Crippen molar-refractivity contribution < 1.29 is 18.0 Å². The van der Waals surface area contributed by atoms with Gasteiger partial charge in [0.2, 0.25) is 11.8 Å². The number of benzene rings is 1. The minimum absolute atomic E-state index is 0.159. The summed E-state index contributed by atoms with van der Waals surface area (Å²) in [6.07, 6.45) is -0.549. The second kappa shape index (κ2) is 4.91. The Morgan fingerprint density at radius 3 is 2.78 bits per heavy atom. The van der Waals surface area contributed by atoms with Gasteiger partial charge in [-0.3, -0.25) is 4.79 Å². The van der Waals surface area contributed by atoms with E-state index < -0.39 is 30.0 Å². The molecule has 2 nitrogen and oxygen atoms in total. The maximum Gasteiger partial charge on any atom is 0.248 e. The monoisotopic (exact) mass is 321 g/mol. The number of rotatable bonds is 2. The molecule has 1 aliphatic carbocycles. The van der Waals surface area contributed by atoms with E-state index in [1.54, 1.807) is 0 Å². The molecule has 18 heavy (non-hydrogen) atoms.